The van der Waals surface area contributed by atoms with Crippen LogP contribution in [0.3, 0.4) is 0 Å². The summed E-state index contributed by atoms with van der Waals surface area (Å²) in [5.41, 5.74) is 4.03. The second-order valence-electron chi connectivity index (χ2n) is 8.36. The molecule has 0 spiro atoms. The van der Waals surface area contributed by atoms with Crippen LogP contribution in [0.5, 0.6) is 5.75 Å². The summed E-state index contributed by atoms with van der Waals surface area (Å²) >= 11 is 0. The van der Waals surface area contributed by atoms with Gasteiger partial charge in [-0.05, 0) is 42.7 Å². The number of carbonyl (C=O) groups is 2. The van der Waals surface area contributed by atoms with E-state index in [0.29, 0.717) is 35.9 Å². The predicted molar refractivity (Wildman–Crippen MR) is 136 cm³/mol. The van der Waals surface area contributed by atoms with E-state index >= 15 is 0 Å². The highest BCUT2D eigenvalue weighted by molar-refractivity contribution is 6.00. The molecule has 1 N–H and O–H groups in total. The van der Waals surface area contributed by atoms with E-state index in [-0.39, 0.29) is 5.91 Å². The van der Waals surface area contributed by atoms with Crippen LogP contribution in [0.25, 0.3) is 17.0 Å². The van der Waals surface area contributed by atoms with E-state index in [9.17, 15) is 9.59 Å². The lowest BCUT2D eigenvalue weighted by Gasteiger charge is -2.14. The number of amides is 1. The van der Waals surface area contributed by atoms with E-state index in [1.807, 2.05) is 37.3 Å². The summed E-state index contributed by atoms with van der Waals surface area (Å²) in [6.07, 6.45) is 8.22. The fourth-order valence-electron chi connectivity index (χ4n) is 4.12. The molecular formula is C28H34N2O4. The molecule has 0 fully saturated rings. The number of aromatic nitrogens is 1. The number of hydrogen-bond donors (Lipinski definition) is 1. The number of nitrogens with zero attached hydrogens (tertiary/aromatic N) is 1. The van der Waals surface area contributed by atoms with Crippen molar-refractivity contribution >= 4 is 28.9 Å². The first kappa shape index (κ1) is 25.1. The van der Waals surface area contributed by atoms with Crippen molar-refractivity contribution < 1.29 is 19.1 Å². The molecule has 6 heteroatoms. The van der Waals surface area contributed by atoms with Crippen molar-refractivity contribution in [3.63, 3.8) is 0 Å². The SMILES string of the molecule is C/C=C\c1cn(Cc2ccc(C(=O)OC)cc2OC)c2cc(C(=O)NCC(CC)CC)ccc12. The lowest BCUT2D eigenvalue weighted by Crippen LogP contribution is -2.28. The summed E-state index contributed by atoms with van der Waals surface area (Å²) in [5, 5.41) is 4.15. The molecule has 3 aromatic rings. The summed E-state index contributed by atoms with van der Waals surface area (Å²) < 4.78 is 12.5. The second kappa shape index (κ2) is 11.5. The first-order valence-corrected chi connectivity index (χ1v) is 11.7. The number of hydrogen-bond acceptors (Lipinski definition) is 4. The van der Waals surface area contributed by atoms with Crippen LogP contribution in [0.4, 0.5) is 0 Å². The molecule has 0 unspecified atom stereocenters. The fraction of sp³-hybridized carbons (Fsp3) is 0.357. The van der Waals surface area contributed by atoms with Crippen LogP contribution in [0.2, 0.25) is 0 Å². The minimum Gasteiger partial charge on any atom is -0.496 e. The van der Waals surface area contributed by atoms with Crippen LogP contribution in [-0.2, 0) is 11.3 Å². The van der Waals surface area contributed by atoms with Gasteiger partial charge in [-0.2, -0.15) is 0 Å². The molecule has 0 aliphatic carbocycles. The van der Waals surface area contributed by atoms with E-state index in [4.69, 9.17) is 9.47 Å². The molecule has 6 nitrogen and oxygen atoms in total. The lowest BCUT2D eigenvalue weighted by molar-refractivity contribution is 0.0600. The Hall–Kier alpha value is -3.54. The third-order valence-corrected chi connectivity index (χ3v) is 6.28. The molecule has 0 aliphatic rings. The van der Waals surface area contributed by atoms with E-state index in [0.717, 1.165) is 34.9 Å². The van der Waals surface area contributed by atoms with E-state index in [1.165, 1.54) is 7.11 Å². The average Bonchev–Trinajstić information content (AvgIpc) is 3.20. The monoisotopic (exact) mass is 462 g/mol. The van der Waals surface area contributed by atoms with Crippen LogP contribution in [0.1, 0.15) is 65.5 Å². The Morgan fingerprint density at radius 1 is 1.06 bits per heavy atom. The van der Waals surface area contributed by atoms with Gasteiger partial charge in [0.05, 0.1) is 26.3 Å². The molecule has 1 aromatic heterocycles. The van der Waals surface area contributed by atoms with Gasteiger partial charge in [-0.25, -0.2) is 4.79 Å². The molecule has 0 saturated carbocycles. The zero-order valence-corrected chi connectivity index (χ0v) is 20.7. The third kappa shape index (κ3) is 5.50. The standard InChI is InChI=1S/C28H34N2O4/c1-6-9-22-17-30(18-23-11-10-21(28(32)34-5)15-26(23)33-4)25-14-20(12-13-24(22)25)27(31)29-16-19(7-2)8-3/h6,9-15,17,19H,7-8,16,18H2,1-5H3,(H,29,31)/b9-6-. The Balaban J connectivity index is 1.98. The Morgan fingerprint density at radius 2 is 1.79 bits per heavy atom. The molecule has 2 aromatic carbocycles. The Kier molecular flexibility index (Phi) is 8.52. The van der Waals surface area contributed by atoms with Crippen LogP contribution in [0.15, 0.2) is 48.7 Å². The van der Waals surface area contributed by atoms with Gasteiger partial charge < -0.3 is 19.4 Å². The number of ether oxygens (including phenoxy) is 2. The van der Waals surface area contributed by atoms with Crippen molar-refractivity contribution in [3.8, 4) is 5.75 Å². The summed E-state index contributed by atoms with van der Waals surface area (Å²) in [5.74, 6) is 0.625. The smallest absolute Gasteiger partial charge is 0.337 e. The zero-order valence-electron chi connectivity index (χ0n) is 20.7. The molecule has 3 rings (SSSR count). The van der Waals surface area contributed by atoms with Crippen LogP contribution < -0.4 is 10.1 Å². The summed E-state index contributed by atoms with van der Waals surface area (Å²) in [4.78, 5) is 24.8. The maximum absolute atomic E-state index is 12.9. The van der Waals surface area contributed by atoms with Gasteiger partial charge in [-0.1, -0.05) is 51.0 Å². The predicted octanol–water partition coefficient (Wildman–Crippen LogP) is 5.68. The summed E-state index contributed by atoms with van der Waals surface area (Å²) in [6.45, 7) is 7.48. The number of esters is 1. The largest absolute Gasteiger partial charge is 0.496 e. The average molecular weight is 463 g/mol. The van der Waals surface area contributed by atoms with E-state index in [2.05, 4.69) is 36.0 Å². The summed E-state index contributed by atoms with van der Waals surface area (Å²) in [6, 6.07) is 11.1. The number of rotatable bonds is 10. The molecule has 0 aliphatic heterocycles. The van der Waals surface area contributed by atoms with Gasteiger partial charge >= 0.3 is 5.97 Å². The maximum Gasteiger partial charge on any atom is 0.337 e. The van der Waals surface area contributed by atoms with Gasteiger partial charge in [0.2, 0.25) is 0 Å². The molecular weight excluding hydrogens is 428 g/mol. The lowest BCUT2D eigenvalue weighted by atomic mass is 10.0. The molecule has 0 bridgehead atoms. The number of nitrogens with one attached hydrogen (secondary N) is 1. The molecule has 1 heterocycles. The van der Waals surface area contributed by atoms with Crippen molar-refractivity contribution in [3.05, 3.63) is 70.9 Å². The van der Waals surface area contributed by atoms with Crippen LogP contribution >= 0.6 is 0 Å². The molecule has 0 radical (unpaired) electrons. The first-order valence-electron chi connectivity index (χ1n) is 11.7. The van der Waals surface area contributed by atoms with Gasteiger partial charge in [0.15, 0.2) is 0 Å². The molecule has 34 heavy (non-hydrogen) atoms. The highest BCUT2D eigenvalue weighted by atomic mass is 16.5. The minimum atomic E-state index is -0.407. The minimum absolute atomic E-state index is 0.0610. The van der Waals surface area contributed by atoms with Gasteiger partial charge in [0.25, 0.3) is 5.91 Å². The second-order valence-corrected chi connectivity index (χ2v) is 8.36. The normalized spacial score (nSPS) is 11.4. The summed E-state index contributed by atoms with van der Waals surface area (Å²) in [7, 11) is 2.94. The number of benzene rings is 2. The Bertz CT molecular complexity index is 1190. The number of methoxy groups -OCH3 is 2. The number of allylic oxidation sites excluding steroid dienone is 1. The Labute approximate surface area is 201 Å². The topological polar surface area (TPSA) is 69.6 Å². The Morgan fingerprint density at radius 3 is 2.44 bits per heavy atom. The maximum atomic E-state index is 12.9. The number of fused-ring (bicyclic) bond motifs is 1. The third-order valence-electron chi connectivity index (χ3n) is 6.28. The first-order chi connectivity index (χ1) is 16.4. The highest BCUT2D eigenvalue weighted by Gasteiger charge is 2.15. The van der Waals surface area contributed by atoms with Crippen molar-refractivity contribution in [2.75, 3.05) is 20.8 Å². The van der Waals surface area contributed by atoms with Crippen molar-refractivity contribution in [1.29, 1.82) is 0 Å². The molecule has 180 valence electrons. The molecule has 0 saturated heterocycles. The molecule has 0 atom stereocenters. The highest BCUT2D eigenvalue weighted by Crippen LogP contribution is 2.28. The van der Waals surface area contributed by atoms with Crippen LogP contribution in [0, 0.1) is 5.92 Å². The van der Waals surface area contributed by atoms with E-state index in [1.54, 1.807) is 19.2 Å². The van der Waals surface area contributed by atoms with Crippen molar-refractivity contribution in [1.82, 2.24) is 9.88 Å². The van der Waals surface area contributed by atoms with Gasteiger partial charge in [-0.3, -0.25) is 4.79 Å². The van der Waals surface area contributed by atoms with E-state index < -0.39 is 5.97 Å². The molecule has 1 amide bonds. The van der Waals surface area contributed by atoms with Crippen LogP contribution in [-0.4, -0.2) is 37.2 Å². The van der Waals surface area contributed by atoms with Gasteiger partial charge in [0.1, 0.15) is 5.75 Å². The number of carbonyl (C=O) groups excluding carboxylic acids is 2. The van der Waals surface area contributed by atoms with Crippen molar-refractivity contribution in [2.24, 2.45) is 5.92 Å². The van der Waals surface area contributed by atoms with Gasteiger partial charge in [-0.15, -0.1) is 0 Å². The fourth-order valence-corrected chi connectivity index (χ4v) is 4.12. The van der Waals surface area contributed by atoms with Gasteiger partial charge in [0, 0.05) is 34.8 Å². The quantitative estimate of drug-likeness (QED) is 0.393. The van der Waals surface area contributed by atoms with Crippen molar-refractivity contribution in [2.45, 2.75) is 40.2 Å². The zero-order chi connectivity index (χ0) is 24.7.